The molecule has 0 aliphatic carbocycles. The summed E-state index contributed by atoms with van der Waals surface area (Å²) in [5, 5.41) is -0.161. The minimum Gasteiger partial charge on any atom is -0.494 e. The van der Waals surface area contributed by atoms with Gasteiger partial charge in [0, 0.05) is 4.47 Å². The van der Waals surface area contributed by atoms with Crippen molar-refractivity contribution in [3.63, 3.8) is 0 Å². The first-order valence-corrected chi connectivity index (χ1v) is 7.47. The lowest BCUT2D eigenvalue weighted by atomic mass is 10.0. The number of hydrogen-bond donors (Lipinski definition) is 0. The molecule has 0 bridgehead atoms. The predicted octanol–water partition coefficient (Wildman–Crippen LogP) is 5.48. The number of halogens is 2. The van der Waals surface area contributed by atoms with E-state index in [2.05, 4.69) is 47.1 Å². The summed E-state index contributed by atoms with van der Waals surface area (Å²) in [6.07, 6.45) is 0. The van der Waals surface area contributed by atoms with Crippen LogP contribution in [-0.4, -0.2) is 6.61 Å². The lowest BCUT2D eigenvalue weighted by molar-refractivity contribution is 0.340. The van der Waals surface area contributed by atoms with Crippen molar-refractivity contribution in [2.24, 2.45) is 0 Å². The van der Waals surface area contributed by atoms with E-state index >= 15 is 0 Å². The molecule has 0 aromatic heterocycles. The number of benzene rings is 2. The van der Waals surface area contributed by atoms with Gasteiger partial charge in [-0.2, -0.15) is 0 Å². The Morgan fingerprint density at radius 2 is 1.84 bits per heavy atom. The fourth-order valence-electron chi connectivity index (χ4n) is 1.88. The molecule has 100 valence electrons. The molecule has 0 aliphatic heterocycles. The van der Waals surface area contributed by atoms with Crippen molar-refractivity contribution in [1.82, 2.24) is 0 Å². The van der Waals surface area contributed by atoms with E-state index in [0.29, 0.717) is 6.61 Å². The second-order valence-corrected chi connectivity index (χ2v) is 5.68. The summed E-state index contributed by atoms with van der Waals surface area (Å²) in [6.45, 7) is 4.70. The molecule has 0 radical (unpaired) electrons. The molecule has 1 nitrogen and oxygen atoms in total. The number of aryl methyl sites for hydroxylation is 1. The van der Waals surface area contributed by atoms with Crippen LogP contribution in [0, 0.1) is 6.92 Å². The van der Waals surface area contributed by atoms with Crippen LogP contribution in [0.5, 0.6) is 5.75 Å². The van der Waals surface area contributed by atoms with E-state index in [0.717, 1.165) is 21.3 Å². The van der Waals surface area contributed by atoms with Crippen LogP contribution in [-0.2, 0) is 0 Å². The van der Waals surface area contributed by atoms with Crippen molar-refractivity contribution in [2.75, 3.05) is 6.61 Å². The molecule has 0 saturated heterocycles. The summed E-state index contributed by atoms with van der Waals surface area (Å²) in [7, 11) is 0. The average molecular weight is 340 g/mol. The van der Waals surface area contributed by atoms with E-state index in [1.165, 1.54) is 5.56 Å². The van der Waals surface area contributed by atoms with Gasteiger partial charge in [-0.25, -0.2) is 0 Å². The molecule has 2 aromatic rings. The van der Waals surface area contributed by atoms with Crippen LogP contribution < -0.4 is 4.74 Å². The molecule has 0 N–H and O–H groups in total. The van der Waals surface area contributed by atoms with Gasteiger partial charge in [-0.05, 0) is 37.1 Å². The monoisotopic (exact) mass is 338 g/mol. The molecule has 0 heterocycles. The van der Waals surface area contributed by atoms with E-state index in [9.17, 15) is 0 Å². The van der Waals surface area contributed by atoms with Crippen LogP contribution in [0.1, 0.15) is 29.0 Å². The first-order valence-electron chi connectivity index (χ1n) is 6.24. The highest BCUT2D eigenvalue weighted by atomic mass is 79.9. The fraction of sp³-hybridized carbons (Fsp3) is 0.250. The van der Waals surface area contributed by atoms with Gasteiger partial charge in [0.25, 0.3) is 0 Å². The van der Waals surface area contributed by atoms with Gasteiger partial charge in [-0.3, -0.25) is 0 Å². The third-order valence-corrected chi connectivity index (χ3v) is 4.10. The maximum absolute atomic E-state index is 6.55. The summed E-state index contributed by atoms with van der Waals surface area (Å²) in [5.41, 5.74) is 3.38. The van der Waals surface area contributed by atoms with Crippen molar-refractivity contribution in [2.45, 2.75) is 19.2 Å². The quantitative estimate of drug-likeness (QED) is 0.670. The SMILES string of the molecule is CCOc1ccc(C(Cl)c2ccc(C)cc2)c(Br)c1. The van der Waals surface area contributed by atoms with Crippen LogP contribution in [0.4, 0.5) is 0 Å². The Kier molecular flexibility index (Phi) is 4.89. The molecule has 1 atom stereocenters. The van der Waals surface area contributed by atoms with Gasteiger partial charge in [0.1, 0.15) is 5.75 Å². The minimum atomic E-state index is -0.161. The molecule has 0 aliphatic rings. The van der Waals surface area contributed by atoms with Crippen LogP contribution in [0.3, 0.4) is 0 Å². The Hall–Kier alpha value is -0.990. The van der Waals surface area contributed by atoms with Crippen LogP contribution in [0.15, 0.2) is 46.9 Å². The average Bonchev–Trinajstić information content (AvgIpc) is 2.39. The highest BCUT2D eigenvalue weighted by Gasteiger charge is 2.14. The molecule has 2 rings (SSSR count). The maximum atomic E-state index is 6.55. The molecule has 0 saturated carbocycles. The van der Waals surface area contributed by atoms with Gasteiger partial charge < -0.3 is 4.74 Å². The van der Waals surface area contributed by atoms with Gasteiger partial charge in [-0.1, -0.05) is 51.8 Å². The molecular formula is C16H16BrClO. The highest BCUT2D eigenvalue weighted by molar-refractivity contribution is 9.10. The van der Waals surface area contributed by atoms with Crippen molar-refractivity contribution in [3.05, 3.63) is 63.6 Å². The van der Waals surface area contributed by atoms with E-state index in [1.54, 1.807) is 0 Å². The number of ether oxygens (including phenoxy) is 1. The molecule has 0 spiro atoms. The Bertz CT molecular complexity index is 551. The number of rotatable bonds is 4. The Morgan fingerprint density at radius 1 is 1.16 bits per heavy atom. The number of alkyl halides is 1. The van der Waals surface area contributed by atoms with E-state index in [-0.39, 0.29) is 5.38 Å². The van der Waals surface area contributed by atoms with Gasteiger partial charge in [-0.15, -0.1) is 11.6 Å². The Labute approximate surface area is 127 Å². The zero-order valence-electron chi connectivity index (χ0n) is 11.0. The van der Waals surface area contributed by atoms with E-state index in [1.807, 2.05) is 25.1 Å². The molecule has 2 aromatic carbocycles. The zero-order valence-corrected chi connectivity index (χ0v) is 13.3. The summed E-state index contributed by atoms with van der Waals surface area (Å²) in [4.78, 5) is 0. The number of hydrogen-bond acceptors (Lipinski definition) is 1. The third kappa shape index (κ3) is 3.52. The third-order valence-electron chi connectivity index (χ3n) is 2.93. The van der Waals surface area contributed by atoms with Gasteiger partial charge in [0.2, 0.25) is 0 Å². The van der Waals surface area contributed by atoms with Gasteiger partial charge in [0.05, 0.1) is 12.0 Å². The van der Waals surface area contributed by atoms with Crippen LogP contribution in [0.25, 0.3) is 0 Å². The Balaban J connectivity index is 2.28. The summed E-state index contributed by atoms with van der Waals surface area (Å²) >= 11 is 10.1. The molecule has 1 unspecified atom stereocenters. The first kappa shape index (κ1) is 14.4. The largest absolute Gasteiger partial charge is 0.494 e. The fourth-order valence-corrected chi connectivity index (χ4v) is 2.94. The minimum absolute atomic E-state index is 0.161. The lowest BCUT2D eigenvalue weighted by Gasteiger charge is -2.14. The molecular weight excluding hydrogens is 324 g/mol. The van der Waals surface area contributed by atoms with Crippen LogP contribution >= 0.6 is 27.5 Å². The van der Waals surface area contributed by atoms with Gasteiger partial charge >= 0.3 is 0 Å². The zero-order chi connectivity index (χ0) is 13.8. The van der Waals surface area contributed by atoms with Crippen molar-refractivity contribution in [1.29, 1.82) is 0 Å². The molecule has 3 heteroatoms. The maximum Gasteiger partial charge on any atom is 0.120 e. The van der Waals surface area contributed by atoms with Crippen LogP contribution in [0.2, 0.25) is 0 Å². The van der Waals surface area contributed by atoms with E-state index < -0.39 is 0 Å². The normalized spacial score (nSPS) is 12.2. The topological polar surface area (TPSA) is 9.23 Å². The van der Waals surface area contributed by atoms with Gasteiger partial charge in [0.15, 0.2) is 0 Å². The second-order valence-electron chi connectivity index (χ2n) is 4.39. The highest BCUT2D eigenvalue weighted by Crippen LogP contribution is 2.35. The summed E-state index contributed by atoms with van der Waals surface area (Å²) < 4.78 is 6.44. The van der Waals surface area contributed by atoms with Crippen molar-refractivity contribution in [3.8, 4) is 5.75 Å². The predicted molar refractivity (Wildman–Crippen MR) is 84.2 cm³/mol. The molecule has 0 amide bonds. The summed E-state index contributed by atoms with van der Waals surface area (Å²) in [5.74, 6) is 0.853. The standard InChI is InChI=1S/C16H16BrClO/c1-3-19-13-8-9-14(15(17)10-13)16(18)12-6-4-11(2)5-7-12/h4-10,16H,3H2,1-2H3. The van der Waals surface area contributed by atoms with Crippen molar-refractivity contribution < 1.29 is 4.74 Å². The molecule has 19 heavy (non-hydrogen) atoms. The van der Waals surface area contributed by atoms with Crippen molar-refractivity contribution >= 4 is 27.5 Å². The molecule has 0 fully saturated rings. The first-order chi connectivity index (χ1) is 9.11. The lowest BCUT2D eigenvalue weighted by Crippen LogP contribution is -1.97. The summed E-state index contributed by atoms with van der Waals surface area (Å²) in [6, 6.07) is 14.2. The van der Waals surface area contributed by atoms with E-state index in [4.69, 9.17) is 16.3 Å². The second kappa shape index (κ2) is 6.44. The smallest absolute Gasteiger partial charge is 0.120 e. The Morgan fingerprint density at radius 3 is 2.42 bits per heavy atom.